The first kappa shape index (κ1) is 18.1. The molecule has 0 unspecified atom stereocenters. The second-order valence-corrected chi connectivity index (χ2v) is 6.40. The number of halogens is 3. The zero-order chi connectivity index (χ0) is 17.1. The number of hydrogen-bond acceptors (Lipinski definition) is 4. The number of carbonyl (C=O) groups excluding carboxylic acids is 1. The number of hydrogen-bond donors (Lipinski definition) is 2. The predicted octanol–water partition coefficient (Wildman–Crippen LogP) is 1.62. The molecule has 124 valence electrons. The van der Waals surface area contributed by atoms with E-state index >= 15 is 0 Å². The smallest absolute Gasteiger partial charge is 0.388 e. The normalized spacial score (nSPS) is 11.9. The van der Waals surface area contributed by atoms with Gasteiger partial charge in [-0.15, -0.1) is 0 Å². The van der Waals surface area contributed by atoms with Crippen molar-refractivity contribution in [3.05, 3.63) is 23.8 Å². The van der Waals surface area contributed by atoms with E-state index < -0.39 is 22.1 Å². The van der Waals surface area contributed by atoms with Gasteiger partial charge in [-0.05, 0) is 23.8 Å². The molecule has 0 aliphatic heterocycles. The van der Waals surface area contributed by atoms with Gasteiger partial charge in [0.15, 0.2) is 0 Å². The van der Waals surface area contributed by atoms with Gasteiger partial charge in [-0.2, -0.15) is 13.2 Å². The van der Waals surface area contributed by atoms with E-state index in [-0.39, 0.29) is 12.2 Å². The van der Waals surface area contributed by atoms with Gasteiger partial charge in [-0.25, -0.2) is 8.42 Å². The molecule has 0 heterocycles. The van der Waals surface area contributed by atoms with Gasteiger partial charge in [0.1, 0.15) is 0 Å². The van der Waals surface area contributed by atoms with Crippen molar-refractivity contribution in [2.24, 2.45) is 0 Å². The molecule has 1 amide bonds. The molecular formula is C12H16F3N3O3S. The summed E-state index contributed by atoms with van der Waals surface area (Å²) in [6, 6.07) is 4.34. The number of alkyl halides is 3. The molecule has 0 aromatic heterocycles. The Bertz CT molecular complexity index is 659. The number of carbonyl (C=O) groups is 1. The summed E-state index contributed by atoms with van der Waals surface area (Å²) < 4.78 is 61.8. The molecule has 0 atom stereocenters. The number of benzene rings is 1. The Morgan fingerprint density at radius 3 is 2.36 bits per heavy atom. The van der Waals surface area contributed by atoms with Crippen LogP contribution in [-0.2, 0) is 21.4 Å². The molecule has 6 nitrogen and oxygen atoms in total. The molecule has 0 bridgehead atoms. The van der Waals surface area contributed by atoms with Crippen LogP contribution in [0.1, 0.15) is 5.56 Å². The third-order valence-corrected chi connectivity index (χ3v) is 3.28. The van der Waals surface area contributed by atoms with Gasteiger partial charge in [0.05, 0.1) is 6.26 Å². The van der Waals surface area contributed by atoms with E-state index in [0.29, 0.717) is 16.2 Å². The summed E-state index contributed by atoms with van der Waals surface area (Å²) in [5, 5.41) is 2.77. The summed E-state index contributed by atoms with van der Waals surface area (Å²) in [6.45, 7) is -0.326. The van der Waals surface area contributed by atoms with Crippen molar-refractivity contribution in [3.63, 3.8) is 0 Å². The Kier molecular flexibility index (Phi) is 5.28. The lowest BCUT2D eigenvalue weighted by atomic mass is 10.1. The highest BCUT2D eigenvalue weighted by Crippen LogP contribution is 2.24. The standard InChI is InChI=1S/C12H16F3N3O3S/c1-16-10-5-4-9(17-22(3,20)21)6-8(10)7-18(2)11(19)12(13,14)15/h4-6,16-17H,7H2,1-3H3. The van der Waals surface area contributed by atoms with Crippen LogP contribution in [0.25, 0.3) is 0 Å². The summed E-state index contributed by atoms with van der Waals surface area (Å²) in [5.41, 5.74) is 1.03. The Hall–Kier alpha value is -1.97. The van der Waals surface area contributed by atoms with E-state index in [0.717, 1.165) is 13.3 Å². The third kappa shape index (κ3) is 5.10. The van der Waals surface area contributed by atoms with Crippen LogP contribution in [0, 0.1) is 0 Å². The maximum absolute atomic E-state index is 12.4. The maximum atomic E-state index is 12.4. The topological polar surface area (TPSA) is 78.5 Å². The number of nitrogens with zero attached hydrogens (tertiary/aromatic N) is 1. The Balaban J connectivity index is 3.06. The Morgan fingerprint density at radius 2 is 1.91 bits per heavy atom. The minimum Gasteiger partial charge on any atom is -0.388 e. The zero-order valence-electron chi connectivity index (χ0n) is 12.2. The first-order valence-corrected chi connectivity index (χ1v) is 7.94. The van der Waals surface area contributed by atoms with E-state index in [1.165, 1.54) is 18.2 Å². The van der Waals surface area contributed by atoms with Crippen molar-refractivity contribution >= 4 is 27.3 Å². The van der Waals surface area contributed by atoms with Crippen molar-refractivity contribution in [2.45, 2.75) is 12.7 Å². The molecule has 0 saturated heterocycles. The third-order valence-electron chi connectivity index (χ3n) is 2.67. The quantitative estimate of drug-likeness (QED) is 0.854. The second-order valence-electron chi connectivity index (χ2n) is 4.66. The van der Waals surface area contributed by atoms with Crippen LogP contribution in [-0.4, -0.2) is 45.8 Å². The summed E-state index contributed by atoms with van der Waals surface area (Å²) in [4.78, 5) is 11.7. The molecule has 22 heavy (non-hydrogen) atoms. The van der Waals surface area contributed by atoms with E-state index in [4.69, 9.17) is 0 Å². The molecule has 1 aromatic rings. The monoisotopic (exact) mass is 339 g/mol. The molecule has 0 spiro atoms. The predicted molar refractivity (Wildman–Crippen MR) is 77.0 cm³/mol. The number of nitrogens with one attached hydrogen (secondary N) is 2. The number of anilines is 2. The highest BCUT2D eigenvalue weighted by atomic mass is 32.2. The molecule has 0 aliphatic carbocycles. The fourth-order valence-electron chi connectivity index (χ4n) is 1.79. The molecule has 1 aromatic carbocycles. The van der Waals surface area contributed by atoms with Crippen molar-refractivity contribution in [1.82, 2.24) is 4.90 Å². The maximum Gasteiger partial charge on any atom is 0.471 e. The van der Waals surface area contributed by atoms with E-state index in [1.807, 2.05) is 0 Å². The highest BCUT2D eigenvalue weighted by molar-refractivity contribution is 7.92. The molecule has 0 aliphatic rings. The van der Waals surface area contributed by atoms with Crippen LogP contribution in [0.4, 0.5) is 24.5 Å². The highest BCUT2D eigenvalue weighted by Gasteiger charge is 2.41. The molecule has 2 N–H and O–H groups in total. The lowest BCUT2D eigenvalue weighted by Gasteiger charge is -2.21. The largest absolute Gasteiger partial charge is 0.471 e. The van der Waals surface area contributed by atoms with Crippen LogP contribution >= 0.6 is 0 Å². The number of rotatable bonds is 5. The first-order valence-electron chi connectivity index (χ1n) is 6.05. The fraction of sp³-hybridized carbons (Fsp3) is 0.417. The minimum absolute atomic E-state index is 0.198. The minimum atomic E-state index is -4.96. The van der Waals surface area contributed by atoms with Gasteiger partial charge in [-0.3, -0.25) is 9.52 Å². The summed E-state index contributed by atoms with van der Waals surface area (Å²) >= 11 is 0. The zero-order valence-corrected chi connectivity index (χ0v) is 13.0. The van der Waals surface area contributed by atoms with E-state index in [2.05, 4.69) is 10.0 Å². The van der Waals surface area contributed by atoms with Crippen LogP contribution in [0.2, 0.25) is 0 Å². The molecule has 0 saturated carbocycles. The number of amides is 1. The lowest BCUT2D eigenvalue weighted by molar-refractivity contribution is -0.184. The molecular weight excluding hydrogens is 323 g/mol. The van der Waals surface area contributed by atoms with E-state index in [1.54, 1.807) is 7.05 Å². The molecule has 10 heteroatoms. The fourth-order valence-corrected chi connectivity index (χ4v) is 2.34. The second kappa shape index (κ2) is 6.42. The van der Waals surface area contributed by atoms with Crippen molar-refractivity contribution in [3.8, 4) is 0 Å². The number of sulfonamides is 1. The Labute approximate surface area is 126 Å². The summed E-state index contributed by atoms with van der Waals surface area (Å²) in [6.07, 6.45) is -4.00. The van der Waals surface area contributed by atoms with Crippen LogP contribution < -0.4 is 10.0 Å². The molecule has 1 rings (SSSR count). The average molecular weight is 339 g/mol. The van der Waals surface area contributed by atoms with E-state index in [9.17, 15) is 26.4 Å². The molecule has 0 radical (unpaired) electrons. The van der Waals surface area contributed by atoms with Crippen molar-refractivity contribution in [1.29, 1.82) is 0 Å². The van der Waals surface area contributed by atoms with Crippen LogP contribution in [0.15, 0.2) is 18.2 Å². The van der Waals surface area contributed by atoms with Crippen molar-refractivity contribution in [2.75, 3.05) is 30.4 Å². The lowest BCUT2D eigenvalue weighted by Crippen LogP contribution is -2.38. The average Bonchev–Trinajstić information content (AvgIpc) is 2.35. The van der Waals surface area contributed by atoms with Crippen LogP contribution in [0.3, 0.4) is 0 Å². The van der Waals surface area contributed by atoms with Gasteiger partial charge in [0.25, 0.3) is 0 Å². The van der Waals surface area contributed by atoms with Gasteiger partial charge < -0.3 is 10.2 Å². The summed E-state index contributed by atoms with van der Waals surface area (Å²) in [7, 11) is -0.929. The van der Waals surface area contributed by atoms with Gasteiger partial charge in [-0.1, -0.05) is 0 Å². The SMILES string of the molecule is CNc1ccc(NS(C)(=O)=O)cc1CN(C)C(=O)C(F)(F)F. The van der Waals surface area contributed by atoms with Gasteiger partial charge in [0.2, 0.25) is 10.0 Å². The van der Waals surface area contributed by atoms with Crippen molar-refractivity contribution < 1.29 is 26.4 Å². The van der Waals surface area contributed by atoms with Gasteiger partial charge >= 0.3 is 12.1 Å². The van der Waals surface area contributed by atoms with Crippen LogP contribution in [0.5, 0.6) is 0 Å². The Morgan fingerprint density at radius 1 is 1.32 bits per heavy atom. The first-order chi connectivity index (χ1) is 9.94. The van der Waals surface area contributed by atoms with Gasteiger partial charge in [0, 0.05) is 32.0 Å². The molecule has 0 fully saturated rings. The summed E-state index contributed by atoms with van der Waals surface area (Å²) in [5.74, 6) is -1.98.